The number of thioether (sulfide) groups is 1. The van der Waals surface area contributed by atoms with Crippen LogP contribution in [-0.4, -0.2) is 21.3 Å². The van der Waals surface area contributed by atoms with Crippen molar-refractivity contribution in [2.45, 2.75) is 42.1 Å². The minimum absolute atomic E-state index is 0.0902. The second-order valence-electron chi connectivity index (χ2n) is 3.91. The van der Waals surface area contributed by atoms with Gasteiger partial charge in [-0.1, -0.05) is 18.2 Å². The third-order valence-electron chi connectivity index (χ3n) is 2.59. The second kappa shape index (κ2) is 4.81. The van der Waals surface area contributed by atoms with Gasteiger partial charge in [-0.05, 0) is 19.3 Å². The van der Waals surface area contributed by atoms with Crippen LogP contribution in [0.2, 0.25) is 0 Å². The summed E-state index contributed by atoms with van der Waals surface area (Å²) in [6.45, 7) is 0. The lowest BCUT2D eigenvalue weighted by Gasteiger charge is -2.25. The minimum Gasteiger partial charge on any atom is -0.328 e. The topological polar surface area (TPSA) is 71.8 Å². The molecule has 0 aliphatic heterocycles. The van der Waals surface area contributed by atoms with E-state index < -0.39 is 0 Å². The predicted octanol–water partition coefficient (Wildman–Crippen LogP) is 1.13. The van der Waals surface area contributed by atoms with Gasteiger partial charge in [0.2, 0.25) is 0 Å². The molecule has 0 amide bonds. The molecule has 0 spiro atoms. The molecule has 3 N–H and O–H groups in total. The van der Waals surface area contributed by atoms with Crippen LogP contribution in [0.25, 0.3) is 0 Å². The summed E-state index contributed by atoms with van der Waals surface area (Å²) in [6.07, 6.45) is 6.02. The van der Waals surface area contributed by atoms with Gasteiger partial charge >= 0.3 is 0 Å². The molecule has 1 aliphatic rings. The highest BCUT2D eigenvalue weighted by molar-refractivity contribution is 7.99. The smallest absolute Gasteiger partial charge is 0.251 e. The van der Waals surface area contributed by atoms with Crippen molar-refractivity contribution in [3.63, 3.8) is 0 Å². The Kier molecular flexibility index (Phi) is 3.43. The molecule has 82 valence electrons. The molecule has 1 heterocycles. The highest BCUT2D eigenvalue weighted by atomic mass is 32.2. The fraction of sp³-hybridized carbons (Fsp3) is 0.600. The van der Waals surface area contributed by atoms with E-state index in [1.54, 1.807) is 18.0 Å². The van der Waals surface area contributed by atoms with Crippen molar-refractivity contribution in [3.8, 4) is 0 Å². The van der Waals surface area contributed by atoms with Gasteiger partial charge in [-0.2, -0.15) is 0 Å². The summed E-state index contributed by atoms with van der Waals surface area (Å²) in [5.74, 6) is 0. The van der Waals surface area contributed by atoms with Crippen molar-refractivity contribution < 1.29 is 0 Å². The number of aromatic nitrogens is 2. The lowest BCUT2D eigenvalue weighted by atomic mass is 9.96. The fourth-order valence-corrected chi connectivity index (χ4v) is 3.08. The quantitative estimate of drug-likeness (QED) is 0.740. The summed E-state index contributed by atoms with van der Waals surface area (Å²) in [5.41, 5.74) is 5.81. The number of hydrogen-bond acceptors (Lipinski definition) is 4. The van der Waals surface area contributed by atoms with E-state index in [1.807, 2.05) is 0 Å². The molecule has 2 atom stereocenters. The number of hydrogen-bond donors (Lipinski definition) is 2. The van der Waals surface area contributed by atoms with Crippen LogP contribution < -0.4 is 11.3 Å². The first kappa shape index (κ1) is 10.7. The van der Waals surface area contributed by atoms with Crippen LogP contribution in [0.4, 0.5) is 0 Å². The summed E-state index contributed by atoms with van der Waals surface area (Å²) in [4.78, 5) is 17.9. The van der Waals surface area contributed by atoms with Crippen LogP contribution in [0.1, 0.15) is 25.7 Å². The average Bonchev–Trinajstić information content (AvgIpc) is 2.17. The molecule has 0 bridgehead atoms. The van der Waals surface area contributed by atoms with Crippen LogP contribution in [-0.2, 0) is 0 Å². The van der Waals surface area contributed by atoms with Gasteiger partial charge in [-0.15, -0.1) is 0 Å². The molecule has 2 unspecified atom stereocenters. The van der Waals surface area contributed by atoms with E-state index in [1.165, 1.54) is 12.5 Å². The van der Waals surface area contributed by atoms with Crippen molar-refractivity contribution in [1.82, 2.24) is 9.97 Å². The van der Waals surface area contributed by atoms with Gasteiger partial charge in [0.05, 0.1) is 0 Å². The van der Waals surface area contributed by atoms with Crippen molar-refractivity contribution >= 4 is 11.8 Å². The highest BCUT2D eigenvalue weighted by Crippen LogP contribution is 2.30. The summed E-state index contributed by atoms with van der Waals surface area (Å²) < 4.78 is 0. The third kappa shape index (κ3) is 3.07. The summed E-state index contributed by atoms with van der Waals surface area (Å²) in [5, 5.41) is 1.21. The molecule has 1 aromatic rings. The first-order valence-electron chi connectivity index (χ1n) is 5.21. The Morgan fingerprint density at radius 3 is 3.13 bits per heavy atom. The molecule has 2 rings (SSSR count). The van der Waals surface area contributed by atoms with Crippen LogP contribution in [0.5, 0.6) is 0 Å². The number of nitrogens with two attached hydrogens (primary N) is 1. The number of H-pyrrole nitrogens is 1. The Labute approximate surface area is 92.7 Å². The number of nitrogens with one attached hydrogen (secondary N) is 1. The van der Waals surface area contributed by atoms with Crippen molar-refractivity contribution in [1.29, 1.82) is 0 Å². The van der Waals surface area contributed by atoms with Crippen molar-refractivity contribution in [3.05, 3.63) is 22.6 Å². The molecule has 1 fully saturated rings. The summed E-state index contributed by atoms with van der Waals surface area (Å²) in [7, 11) is 0. The normalized spacial score (nSPS) is 26.5. The van der Waals surface area contributed by atoms with E-state index in [-0.39, 0.29) is 5.56 Å². The zero-order chi connectivity index (χ0) is 10.7. The lowest BCUT2D eigenvalue weighted by molar-refractivity contribution is 0.451. The Hall–Kier alpha value is -0.810. The Morgan fingerprint density at radius 1 is 1.53 bits per heavy atom. The highest BCUT2D eigenvalue weighted by Gasteiger charge is 2.20. The first-order valence-corrected chi connectivity index (χ1v) is 6.09. The number of rotatable bonds is 2. The Balaban J connectivity index is 1.99. The van der Waals surface area contributed by atoms with Crippen LogP contribution in [0.15, 0.2) is 22.2 Å². The monoisotopic (exact) mass is 225 g/mol. The average molecular weight is 225 g/mol. The van der Waals surface area contributed by atoms with Crippen molar-refractivity contribution in [2.75, 3.05) is 0 Å². The molecule has 0 aromatic carbocycles. The summed E-state index contributed by atoms with van der Waals surface area (Å²) in [6, 6.07) is 1.74. The van der Waals surface area contributed by atoms with E-state index in [2.05, 4.69) is 9.97 Å². The molecule has 4 nitrogen and oxygen atoms in total. The fourth-order valence-electron chi connectivity index (χ4n) is 1.86. The number of nitrogens with zero attached hydrogens (tertiary/aromatic N) is 1. The standard InChI is InChI=1S/C10H15N3OS/c11-7-2-1-3-8(6-7)15-10-12-5-4-9(14)13-10/h4-5,7-8H,1-3,6,11H2,(H,12,13,14). The van der Waals surface area contributed by atoms with Gasteiger partial charge < -0.3 is 10.7 Å². The maximum Gasteiger partial charge on any atom is 0.251 e. The van der Waals surface area contributed by atoms with E-state index >= 15 is 0 Å². The SMILES string of the molecule is NC1CCCC(Sc2nccc(=O)[nH]2)C1. The van der Waals surface area contributed by atoms with Gasteiger partial charge in [0.15, 0.2) is 5.16 Å². The molecule has 1 aliphatic carbocycles. The van der Waals surface area contributed by atoms with E-state index in [0.717, 1.165) is 19.3 Å². The van der Waals surface area contributed by atoms with Crippen molar-refractivity contribution in [2.24, 2.45) is 5.73 Å². The maximum absolute atomic E-state index is 11.1. The molecular weight excluding hydrogens is 210 g/mol. The maximum atomic E-state index is 11.1. The molecule has 15 heavy (non-hydrogen) atoms. The molecular formula is C10H15N3OS. The Bertz CT molecular complexity index is 379. The molecule has 0 saturated heterocycles. The second-order valence-corrected chi connectivity index (χ2v) is 5.19. The number of aromatic amines is 1. The molecule has 5 heteroatoms. The molecule has 0 radical (unpaired) electrons. The van der Waals surface area contributed by atoms with E-state index in [4.69, 9.17) is 5.73 Å². The summed E-state index contributed by atoms with van der Waals surface area (Å²) >= 11 is 1.64. The predicted molar refractivity (Wildman–Crippen MR) is 60.9 cm³/mol. The van der Waals surface area contributed by atoms with Crippen LogP contribution in [0.3, 0.4) is 0 Å². The van der Waals surface area contributed by atoms with E-state index in [9.17, 15) is 4.79 Å². The van der Waals surface area contributed by atoms with Gasteiger partial charge in [0.25, 0.3) is 5.56 Å². The van der Waals surface area contributed by atoms with Gasteiger partial charge in [-0.25, -0.2) is 4.98 Å². The van der Waals surface area contributed by atoms with Gasteiger partial charge in [-0.3, -0.25) is 4.79 Å². The minimum atomic E-state index is -0.0902. The lowest BCUT2D eigenvalue weighted by Crippen LogP contribution is -2.29. The zero-order valence-electron chi connectivity index (χ0n) is 8.48. The van der Waals surface area contributed by atoms with Gasteiger partial charge in [0, 0.05) is 23.6 Å². The first-order chi connectivity index (χ1) is 7.24. The van der Waals surface area contributed by atoms with Crippen LogP contribution in [0, 0.1) is 0 Å². The molecule has 1 aromatic heterocycles. The zero-order valence-corrected chi connectivity index (χ0v) is 9.30. The largest absolute Gasteiger partial charge is 0.328 e. The van der Waals surface area contributed by atoms with Crippen LogP contribution >= 0.6 is 11.8 Å². The van der Waals surface area contributed by atoms with E-state index in [0.29, 0.717) is 16.4 Å². The Morgan fingerprint density at radius 2 is 2.40 bits per heavy atom. The molecule has 1 saturated carbocycles. The van der Waals surface area contributed by atoms with Gasteiger partial charge in [0.1, 0.15) is 0 Å². The third-order valence-corrected chi connectivity index (χ3v) is 3.79.